The Hall–Kier alpha value is -2.98. The Morgan fingerprint density at radius 3 is 1.85 bits per heavy atom. The van der Waals surface area contributed by atoms with Gasteiger partial charge in [0.05, 0.1) is 55.4 Å². The molecule has 0 unspecified atom stereocenters. The van der Waals surface area contributed by atoms with Gasteiger partial charge in [0.1, 0.15) is 11.6 Å². The average molecular weight is 644 g/mol. The van der Waals surface area contributed by atoms with E-state index in [1.54, 1.807) is 37.4 Å². The molecule has 14 heteroatoms. The molecule has 4 aromatic rings. The van der Waals surface area contributed by atoms with Gasteiger partial charge in [0.15, 0.2) is 5.82 Å². The number of anilines is 4. The molecule has 0 bridgehead atoms. The minimum atomic E-state index is 0.122. The van der Waals surface area contributed by atoms with Gasteiger partial charge < -0.3 is 10.1 Å². The van der Waals surface area contributed by atoms with Crippen LogP contribution in [0.2, 0.25) is 30.1 Å². The first-order valence-electron chi connectivity index (χ1n) is 10.9. The summed E-state index contributed by atoms with van der Waals surface area (Å²) >= 11 is 37.1. The lowest BCUT2D eigenvalue weighted by Gasteiger charge is -2.12. The van der Waals surface area contributed by atoms with Crippen molar-refractivity contribution in [3.8, 4) is 5.75 Å². The van der Waals surface area contributed by atoms with Gasteiger partial charge >= 0.3 is 0 Å². The SMILES string of the molecule is COc1ccccc1Nc1cc(NN=Cc2c(Cl)ccc(Cl)c2Cl)nc(NN=Cc2c(Cl)ccc(Cl)c2Cl)n1. The predicted octanol–water partition coefficient (Wildman–Crippen LogP) is 9.04. The van der Waals surface area contributed by atoms with E-state index in [4.69, 9.17) is 74.3 Å². The van der Waals surface area contributed by atoms with Crippen molar-refractivity contribution in [1.29, 1.82) is 0 Å². The summed E-state index contributed by atoms with van der Waals surface area (Å²) in [6.45, 7) is 0. The standard InChI is InChI=1S/C25H17Cl6N7O/c1-39-20-5-3-2-4-19(20)34-21-10-22(37-32-11-13-15(26)6-8-17(28)23(13)30)36-25(35-21)38-33-12-14-16(27)7-9-18(29)24(14)31/h2-12H,1H3,(H3,34,35,36,37,38). The highest BCUT2D eigenvalue weighted by Crippen LogP contribution is 2.32. The summed E-state index contributed by atoms with van der Waals surface area (Å²) in [6.07, 6.45) is 2.84. The van der Waals surface area contributed by atoms with E-state index in [-0.39, 0.29) is 16.0 Å². The number of aromatic nitrogens is 2. The fourth-order valence-corrected chi connectivity index (χ4v) is 4.41. The Morgan fingerprint density at radius 1 is 0.692 bits per heavy atom. The lowest BCUT2D eigenvalue weighted by atomic mass is 10.2. The molecule has 0 saturated heterocycles. The Balaban J connectivity index is 1.63. The number of nitrogens with one attached hydrogen (secondary N) is 3. The van der Waals surface area contributed by atoms with Crippen LogP contribution >= 0.6 is 69.6 Å². The predicted molar refractivity (Wildman–Crippen MR) is 164 cm³/mol. The van der Waals surface area contributed by atoms with Crippen LogP contribution in [-0.4, -0.2) is 29.5 Å². The van der Waals surface area contributed by atoms with E-state index in [1.165, 1.54) is 12.4 Å². The zero-order chi connectivity index (χ0) is 27.9. The lowest BCUT2D eigenvalue weighted by molar-refractivity contribution is 0.417. The van der Waals surface area contributed by atoms with Gasteiger partial charge in [0.25, 0.3) is 0 Å². The number of methoxy groups -OCH3 is 1. The molecule has 3 N–H and O–H groups in total. The van der Waals surface area contributed by atoms with Gasteiger partial charge in [-0.05, 0) is 36.4 Å². The Morgan fingerprint density at radius 2 is 1.23 bits per heavy atom. The third kappa shape index (κ3) is 7.36. The van der Waals surface area contributed by atoms with Crippen molar-refractivity contribution >= 4 is 105 Å². The van der Waals surface area contributed by atoms with Crippen LogP contribution in [0.15, 0.2) is 64.8 Å². The van der Waals surface area contributed by atoms with Crippen molar-refractivity contribution in [3.05, 3.63) is 95.9 Å². The number of ether oxygens (including phenoxy) is 1. The van der Waals surface area contributed by atoms with Crippen molar-refractivity contribution in [2.45, 2.75) is 0 Å². The monoisotopic (exact) mass is 641 g/mol. The molecular formula is C25H17Cl6N7O. The number of hydrogen-bond acceptors (Lipinski definition) is 8. The third-order valence-corrected chi connectivity index (χ3v) is 7.28. The van der Waals surface area contributed by atoms with Crippen LogP contribution < -0.4 is 20.9 Å². The van der Waals surface area contributed by atoms with Crippen LogP contribution in [0.5, 0.6) is 5.75 Å². The quantitative estimate of drug-likeness (QED) is 0.0957. The zero-order valence-corrected chi connectivity index (χ0v) is 24.4. The van der Waals surface area contributed by atoms with Gasteiger partial charge in [-0.15, -0.1) is 0 Å². The van der Waals surface area contributed by atoms with Crippen LogP contribution in [0.3, 0.4) is 0 Å². The molecule has 0 spiro atoms. The minimum Gasteiger partial charge on any atom is -0.495 e. The van der Waals surface area contributed by atoms with E-state index >= 15 is 0 Å². The summed E-state index contributed by atoms with van der Waals surface area (Å²) in [5.74, 6) is 1.45. The molecule has 0 aliphatic heterocycles. The zero-order valence-electron chi connectivity index (χ0n) is 19.8. The Bertz CT molecular complexity index is 1480. The van der Waals surface area contributed by atoms with Gasteiger partial charge in [0, 0.05) is 17.2 Å². The molecule has 0 radical (unpaired) electrons. The Labute approximate surface area is 253 Å². The van der Waals surface area contributed by atoms with Crippen molar-refractivity contribution in [2.75, 3.05) is 23.3 Å². The number of rotatable bonds is 9. The third-order valence-electron chi connectivity index (χ3n) is 4.99. The normalized spacial score (nSPS) is 11.3. The van der Waals surface area contributed by atoms with Gasteiger partial charge in [-0.2, -0.15) is 20.2 Å². The maximum Gasteiger partial charge on any atom is 0.247 e. The van der Waals surface area contributed by atoms with Crippen molar-refractivity contribution in [1.82, 2.24) is 9.97 Å². The van der Waals surface area contributed by atoms with Crippen LogP contribution in [0, 0.1) is 0 Å². The summed E-state index contributed by atoms with van der Waals surface area (Å²) in [4.78, 5) is 8.85. The van der Waals surface area contributed by atoms with Crippen LogP contribution in [-0.2, 0) is 0 Å². The highest BCUT2D eigenvalue weighted by Gasteiger charge is 2.11. The fourth-order valence-electron chi connectivity index (χ4n) is 3.14. The molecule has 0 saturated carbocycles. The van der Waals surface area contributed by atoms with E-state index < -0.39 is 0 Å². The largest absolute Gasteiger partial charge is 0.495 e. The second-order valence-corrected chi connectivity index (χ2v) is 9.93. The van der Waals surface area contributed by atoms with Gasteiger partial charge in [0.2, 0.25) is 5.95 Å². The lowest BCUT2D eigenvalue weighted by Crippen LogP contribution is -2.05. The van der Waals surface area contributed by atoms with E-state index in [0.717, 1.165) is 0 Å². The molecular weight excluding hydrogens is 627 g/mol. The molecule has 200 valence electrons. The van der Waals surface area contributed by atoms with E-state index in [0.29, 0.717) is 54.3 Å². The van der Waals surface area contributed by atoms with Crippen molar-refractivity contribution in [2.24, 2.45) is 10.2 Å². The number of nitrogens with zero attached hydrogens (tertiary/aromatic N) is 4. The second-order valence-electron chi connectivity index (χ2n) is 7.54. The van der Waals surface area contributed by atoms with Crippen LogP contribution in [0.25, 0.3) is 0 Å². The van der Waals surface area contributed by atoms with E-state index in [1.807, 2.05) is 24.3 Å². The molecule has 0 fully saturated rings. The van der Waals surface area contributed by atoms with Crippen molar-refractivity contribution < 1.29 is 4.74 Å². The van der Waals surface area contributed by atoms with E-state index in [2.05, 4.69) is 36.3 Å². The molecule has 4 rings (SSSR count). The van der Waals surface area contributed by atoms with Crippen molar-refractivity contribution in [3.63, 3.8) is 0 Å². The number of benzene rings is 3. The molecule has 0 amide bonds. The van der Waals surface area contributed by atoms with E-state index in [9.17, 15) is 0 Å². The summed E-state index contributed by atoms with van der Waals surface area (Å²) < 4.78 is 5.41. The molecule has 0 atom stereocenters. The number of halogens is 6. The van der Waals surface area contributed by atoms with Gasteiger partial charge in [-0.3, -0.25) is 5.43 Å². The summed E-state index contributed by atoms with van der Waals surface area (Å²) in [7, 11) is 1.57. The smallest absolute Gasteiger partial charge is 0.247 e. The minimum absolute atomic E-state index is 0.122. The molecule has 0 aliphatic rings. The maximum atomic E-state index is 6.25. The maximum absolute atomic E-state index is 6.25. The number of para-hydroxylation sites is 2. The average Bonchev–Trinajstić information content (AvgIpc) is 2.92. The highest BCUT2D eigenvalue weighted by molar-refractivity contribution is 6.46. The topological polar surface area (TPSA) is 95.8 Å². The summed E-state index contributed by atoms with van der Waals surface area (Å²) in [6, 6.07) is 15.4. The molecule has 3 aromatic carbocycles. The molecule has 39 heavy (non-hydrogen) atoms. The number of hydrazone groups is 2. The summed E-state index contributed by atoms with van der Waals surface area (Å²) in [5, 5.41) is 13.5. The first-order valence-corrected chi connectivity index (χ1v) is 13.2. The Kier molecular flexibility index (Phi) is 9.96. The second kappa shape index (κ2) is 13.4. The molecule has 0 aliphatic carbocycles. The summed E-state index contributed by atoms with van der Waals surface area (Å²) in [5.41, 5.74) is 7.14. The van der Waals surface area contributed by atoms with Gasteiger partial charge in [-0.25, -0.2) is 5.43 Å². The van der Waals surface area contributed by atoms with Crippen LogP contribution in [0.1, 0.15) is 11.1 Å². The highest BCUT2D eigenvalue weighted by atomic mass is 35.5. The molecule has 8 nitrogen and oxygen atoms in total. The first-order chi connectivity index (χ1) is 18.8. The number of hydrogen-bond donors (Lipinski definition) is 3. The van der Waals surface area contributed by atoms with Gasteiger partial charge in [-0.1, -0.05) is 81.7 Å². The van der Waals surface area contributed by atoms with Crippen LogP contribution in [0.4, 0.5) is 23.3 Å². The molecule has 1 aromatic heterocycles. The molecule has 1 heterocycles. The fraction of sp³-hybridized carbons (Fsp3) is 0.0400. The first kappa shape index (κ1) is 29.0.